The van der Waals surface area contributed by atoms with Gasteiger partial charge in [-0.3, -0.25) is 25.1 Å². The number of aromatic carboxylic acids is 1. The van der Waals surface area contributed by atoms with Gasteiger partial charge in [-0.15, -0.1) is 0 Å². The van der Waals surface area contributed by atoms with Crippen molar-refractivity contribution in [3.8, 4) is 5.75 Å². The predicted octanol–water partition coefficient (Wildman–Crippen LogP) is 2.30. The maximum absolute atomic E-state index is 12.4. The number of carboxylic acid groups (broad SMARTS) is 1. The van der Waals surface area contributed by atoms with Crippen molar-refractivity contribution in [3.63, 3.8) is 0 Å². The van der Waals surface area contributed by atoms with Gasteiger partial charge in [0, 0.05) is 18.7 Å². The van der Waals surface area contributed by atoms with Crippen molar-refractivity contribution < 1.29 is 29.2 Å². The van der Waals surface area contributed by atoms with Gasteiger partial charge in [-0.25, -0.2) is 4.79 Å². The topological polar surface area (TPSA) is 160 Å². The van der Waals surface area contributed by atoms with Crippen LogP contribution in [0.1, 0.15) is 17.3 Å². The Labute approximate surface area is 164 Å². The van der Waals surface area contributed by atoms with Crippen LogP contribution in [0.3, 0.4) is 0 Å². The molecule has 0 spiro atoms. The first-order valence-electron chi connectivity index (χ1n) is 8.04. The summed E-state index contributed by atoms with van der Waals surface area (Å²) in [5.74, 6) is -2.62. The molecule has 0 aliphatic rings. The van der Waals surface area contributed by atoms with Crippen LogP contribution in [0.15, 0.2) is 47.6 Å². The summed E-state index contributed by atoms with van der Waals surface area (Å²) < 4.78 is 5.04. The zero-order chi connectivity index (χ0) is 21.6. The van der Waals surface area contributed by atoms with Gasteiger partial charge in [0.1, 0.15) is 0 Å². The first kappa shape index (κ1) is 21.0. The number of ether oxygens (including phenoxy) is 1. The third-order valence-corrected chi connectivity index (χ3v) is 3.60. The van der Waals surface area contributed by atoms with Gasteiger partial charge in [0.15, 0.2) is 17.2 Å². The van der Waals surface area contributed by atoms with E-state index in [1.54, 1.807) is 0 Å². The van der Waals surface area contributed by atoms with Crippen molar-refractivity contribution in [1.82, 2.24) is 0 Å². The number of carbonyl (C=O) groups excluding carboxylic acids is 2. The van der Waals surface area contributed by atoms with Crippen molar-refractivity contribution in [2.24, 2.45) is 5.10 Å². The number of non-ortho nitro benzene ring substituents is 1. The first-order chi connectivity index (χ1) is 13.7. The quantitative estimate of drug-likeness (QED) is 0.263. The SMILES string of the molecule is COc1cc([N+](=O)[O-])ccc1N/N=C(/C(C)=O)C(=O)Nc1cccc(C(=O)O)c1. The number of amides is 1. The molecule has 29 heavy (non-hydrogen) atoms. The number of Topliss-reactive ketones (excluding diaryl/α,β-unsaturated/α-hetero) is 1. The molecule has 3 N–H and O–H groups in total. The summed E-state index contributed by atoms with van der Waals surface area (Å²) >= 11 is 0. The summed E-state index contributed by atoms with van der Waals surface area (Å²) in [5.41, 5.74) is 2.08. The van der Waals surface area contributed by atoms with Crippen molar-refractivity contribution in [1.29, 1.82) is 0 Å². The molecule has 11 heteroatoms. The largest absolute Gasteiger partial charge is 0.494 e. The standard InChI is InChI=1S/C18H16N4O7/c1-10(23)16(17(24)19-12-5-3-4-11(8-12)18(25)26)21-20-14-7-6-13(22(27)28)9-15(14)29-2/h3-9,20H,1-2H3,(H,19,24)(H,25,26)/b21-16-. The summed E-state index contributed by atoms with van der Waals surface area (Å²) in [7, 11) is 1.29. The number of nitro groups is 1. The third kappa shape index (κ3) is 5.35. The molecule has 0 bridgehead atoms. The van der Waals surface area contributed by atoms with Crippen molar-refractivity contribution in [3.05, 3.63) is 58.1 Å². The Kier molecular flexibility index (Phi) is 6.58. The highest BCUT2D eigenvalue weighted by Gasteiger charge is 2.18. The van der Waals surface area contributed by atoms with Crippen LogP contribution >= 0.6 is 0 Å². The van der Waals surface area contributed by atoms with E-state index in [1.807, 2.05) is 0 Å². The third-order valence-electron chi connectivity index (χ3n) is 3.60. The fourth-order valence-corrected chi connectivity index (χ4v) is 2.21. The van der Waals surface area contributed by atoms with Crippen LogP contribution in [0.25, 0.3) is 0 Å². The van der Waals surface area contributed by atoms with Gasteiger partial charge in [0.05, 0.1) is 29.4 Å². The molecule has 0 heterocycles. The monoisotopic (exact) mass is 400 g/mol. The van der Waals surface area contributed by atoms with Crippen LogP contribution in [-0.2, 0) is 9.59 Å². The van der Waals surface area contributed by atoms with Gasteiger partial charge < -0.3 is 15.2 Å². The minimum absolute atomic E-state index is 0.0437. The average Bonchev–Trinajstić information content (AvgIpc) is 2.67. The Morgan fingerprint density at radius 2 is 1.90 bits per heavy atom. The number of nitro benzene ring substituents is 1. The normalized spacial score (nSPS) is 10.8. The number of nitrogens with zero attached hydrogens (tertiary/aromatic N) is 2. The predicted molar refractivity (Wildman–Crippen MR) is 103 cm³/mol. The maximum atomic E-state index is 12.4. The molecule has 0 saturated carbocycles. The number of hydrogen-bond donors (Lipinski definition) is 3. The smallest absolute Gasteiger partial charge is 0.335 e. The molecule has 11 nitrogen and oxygen atoms in total. The van der Waals surface area contributed by atoms with Gasteiger partial charge >= 0.3 is 5.97 Å². The summed E-state index contributed by atoms with van der Waals surface area (Å²) in [4.78, 5) is 45.5. The highest BCUT2D eigenvalue weighted by atomic mass is 16.6. The summed E-state index contributed by atoms with van der Waals surface area (Å²) in [6, 6.07) is 9.13. The number of ketones is 1. The molecule has 2 aromatic carbocycles. The zero-order valence-corrected chi connectivity index (χ0v) is 15.3. The number of hydrogen-bond acceptors (Lipinski definition) is 8. The second-order valence-corrected chi connectivity index (χ2v) is 5.61. The highest BCUT2D eigenvalue weighted by Crippen LogP contribution is 2.29. The lowest BCUT2D eigenvalue weighted by molar-refractivity contribution is -0.384. The van der Waals surface area contributed by atoms with Crippen LogP contribution in [0.5, 0.6) is 5.75 Å². The summed E-state index contributed by atoms with van der Waals surface area (Å²) in [6.45, 7) is 1.13. The number of anilines is 2. The van der Waals surface area contributed by atoms with Gasteiger partial charge in [0.25, 0.3) is 11.6 Å². The minimum Gasteiger partial charge on any atom is -0.494 e. The Bertz CT molecular complexity index is 1020. The van der Waals surface area contributed by atoms with Crippen LogP contribution in [0, 0.1) is 10.1 Å². The second-order valence-electron chi connectivity index (χ2n) is 5.61. The van der Waals surface area contributed by atoms with Gasteiger partial charge in [-0.2, -0.15) is 5.10 Å². The van der Waals surface area contributed by atoms with Crippen LogP contribution in [0.2, 0.25) is 0 Å². The van der Waals surface area contributed by atoms with E-state index in [-0.39, 0.29) is 28.4 Å². The second kappa shape index (κ2) is 9.08. The molecule has 0 radical (unpaired) electrons. The number of nitrogens with one attached hydrogen (secondary N) is 2. The summed E-state index contributed by atoms with van der Waals surface area (Å²) in [6.07, 6.45) is 0. The van der Waals surface area contributed by atoms with Gasteiger partial charge in [-0.05, 0) is 24.3 Å². The van der Waals surface area contributed by atoms with E-state index in [1.165, 1.54) is 43.5 Å². The lowest BCUT2D eigenvalue weighted by atomic mass is 10.2. The van der Waals surface area contributed by atoms with Crippen molar-refractivity contribution in [2.75, 3.05) is 17.9 Å². The highest BCUT2D eigenvalue weighted by molar-refractivity contribution is 6.67. The number of benzene rings is 2. The molecule has 0 aliphatic carbocycles. The molecular weight excluding hydrogens is 384 g/mol. The molecule has 2 aromatic rings. The molecule has 0 unspecified atom stereocenters. The molecule has 0 aromatic heterocycles. The molecule has 0 atom stereocenters. The van der Waals surface area contributed by atoms with Crippen LogP contribution < -0.4 is 15.5 Å². The zero-order valence-electron chi connectivity index (χ0n) is 15.3. The Morgan fingerprint density at radius 1 is 1.17 bits per heavy atom. The minimum atomic E-state index is -1.17. The van der Waals surface area contributed by atoms with E-state index < -0.39 is 28.3 Å². The Hall–Kier alpha value is -4.28. The van der Waals surface area contributed by atoms with E-state index in [4.69, 9.17) is 9.84 Å². The van der Waals surface area contributed by atoms with Gasteiger partial charge in [-0.1, -0.05) is 6.07 Å². The van der Waals surface area contributed by atoms with E-state index in [2.05, 4.69) is 15.8 Å². The molecule has 0 fully saturated rings. The average molecular weight is 400 g/mol. The van der Waals surface area contributed by atoms with E-state index in [0.717, 1.165) is 13.0 Å². The molecule has 1 amide bonds. The molecule has 150 valence electrons. The molecule has 0 aliphatic heterocycles. The Morgan fingerprint density at radius 3 is 2.48 bits per heavy atom. The fraction of sp³-hybridized carbons (Fsp3) is 0.111. The number of hydrazone groups is 1. The molecular formula is C18H16N4O7. The molecule has 0 saturated heterocycles. The fourth-order valence-electron chi connectivity index (χ4n) is 2.21. The van der Waals surface area contributed by atoms with Gasteiger partial charge in [0.2, 0.25) is 0 Å². The number of carboxylic acids is 1. The van der Waals surface area contributed by atoms with Crippen molar-refractivity contribution in [2.45, 2.75) is 6.92 Å². The first-order valence-corrected chi connectivity index (χ1v) is 8.04. The van der Waals surface area contributed by atoms with Crippen molar-refractivity contribution >= 4 is 40.4 Å². The Balaban J connectivity index is 2.25. The van der Waals surface area contributed by atoms with E-state index in [0.29, 0.717) is 0 Å². The maximum Gasteiger partial charge on any atom is 0.335 e. The van der Waals surface area contributed by atoms with E-state index in [9.17, 15) is 24.5 Å². The van der Waals surface area contributed by atoms with E-state index >= 15 is 0 Å². The lowest BCUT2D eigenvalue weighted by Crippen LogP contribution is -2.29. The number of carbonyl (C=O) groups is 3. The number of rotatable bonds is 8. The molecule has 2 rings (SSSR count). The number of methoxy groups -OCH3 is 1. The van der Waals surface area contributed by atoms with Crippen LogP contribution in [0.4, 0.5) is 17.1 Å². The lowest BCUT2D eigenvalue weighted by Gasteiger charge is -2.09. The summed E-state index contributed by atoms with van der Waals surface area (Å²) in [5, 5.41) is 26.0. The van der Waals surface area contributed by atoms with Crippen LogP contribution in [-0.4, -0.2) is 40.5 Å².